The largest absolute Gasteiger partial charge is 0.287 e. The van der Waals surface area contributed by atoms with E-state index < -0.39 is 0 Å². The summed E-state index contributed by atoms with van der Waals surface area (Å²) in [5.74, 6) is 6.35. The first kappa shape index (κ1) is 5.37. The second kappa shape index (κ2) is 2.00. The zero-order valence-corrected chi connectivity index (χ0v) is 4.89. The molecule has 1 heterocycles. The van der Waals surface area contributed by atoms with Crippen molar-refractivity contribution in [3.8, 4) is 0 Å². The second-order valence-electron chi connectivity index (χ2n) is 1.67. The van der Waals surface area contributed by atoms with Crippen LogP contribution in [0.4, 0.5) is 0 Å². The molecular weight excluding hydrogens is 104 g/mol. The fourth-order valence-electron chi connectivity index (χ4n) is 0.640. The second-order valence-corrected chi connectivity index (χ2v) is 1.67. The van der Waals surface area contributed by atoms with Crippen molar-refractivity contribution in [1.82, 2.24) is 10.4 Å². The predicted molar refractivity (Wildman–Crippen MR) is 31.8 cm³/mol. The van der Waals surface area contributed by atoms with Gasteiger partial charge in [0.25, 0.3) is 0 Å². The summed E-state index contributed by atoms with van der Waals surface area (Å²) in [5, 5.41) is 5.50. The lowest BCUT2D eigenvalue weighted by molar-refractivity contribution is 0.440. The van der Waals surface area contributed by atoms with Gasteiger partial charge in [-0.1, -0.05) is 6.92 Å². The first-order chi connectivity index (χ1) is 3.84. The van der Waals surface area contributed by atoms with Crippen LogP contribution < -0.4 is 11.3 Å². The molecule has 0 saturated heterocycles. The fourth-order valence-corrected chi connectivity index (χ4v) is 0.640. The third kappa shape index (κ3) is 0.742. The molecule has 0 unspecified atom stereocenters. The van der Waals surface area contributed by atoms with E-state index in [9.17, 15) is 0 Å². The zero-order valence-electron chi connectivity index (χ0n) is 4.89. The van der Waals surface area contributed by atoms with Gasteiger partial charge in [-0.3, -0.25) is 10.4 Å². The number of hydrazone groups is 1. The molecule has 3 N–H and O–H groups in total. The van der Waals surface area contributed by atoms with Gasteiger partial charge in [0.2, 0.25) is 0 Å². The molecule has 1 aliphatic rings. The van der Waals surface area contributed by atoms with Gasteiger partial charge in [0.05, 0.1) is 0 Å². The Morgan fingerprint density at radius 1 is 2.00 bits per heavy atom. The van der Waals surface area contributed by atoms with Crippen LogP contribution in [0.2, 0.25) is 0 Å². The molecule has 0 radical (unpaired) electrons. The summed E-state index contributed by atoms with van der Waals surface area (Å²) >= 11 is 0. The number of hydrazine groups is 1. The minimum Gasteiger partial charge on any atom is -0.287 e. The molecule has 0 saturated carbocycles. The van der Waals surface area contributed by atoms with E-state index in [2.05, 4.69) is 10.5 Å². The smallest absolute Gasteiger partial charge is 0.140 e. The van der Waals surface area contributed by atoms with Crippen molar-refractivity contribution >= 4 is 5.84 Å². The minimum absolute atomic E-state index is 0.642. The Kier molecular flexibility index (Phi) is 1.34. The van der Waals surface area contributed by atoms with Crippen molar-refractivity contribution in [3.63, 3.8) is 0 Å². The highest BCUT2D eigenvalue weighted by atomic mass is 15.6. The Morgan fingerprint density at radius 2 is 2.75 bits per heavy atom. The molecule has 0 aromatic heterocycles. The van der Waals surface area contributed by atoms with Gasteiger partial charge >= 0.3 is 0 Å². The maximum absolute atomic E-state index is 5.43. The summed E-state index contributed by atoms with van der Waals surface area (Å²) in [6.45, 7) is 2.66. The van der Waals surface area contributed by atoms with Crippen LogP contribution in [0.5, 0.6) is 0 Å². The Balaban J connectivity index is 2.49. The Hall–Kier alpha value is -0.770. The standard InChI is InChI=1S/C4H10N4/c1-2-4-7-6-3-8(4)5/h6H,2-3,5H2,1H3. The lowest BCUT2D eigenvalue weighted by Gasteiger charge is -2.08. The Labute approximate surface area is 48.3 Å². The molecule has 46 valence electrons. The molecule has 4 nitrogen and oxygen atoms in total. The van der Waals surface area contributed by atoms with Crippen molar-refractivity contribution < 1.29 is 0 Å². The average molecular weight is 114 g/mol. The molecule has 0 aromatic carbocycles. The van der Waals surface area contributed by atoms with E-state index in [0.717, 1.165) is 12.3 Å². The molecule has 1 rings (SSSR count). The van der Waals surface area contributed by atoms with Crippen LogP contribution >= 0.6 is 0 Å². The predicted octanol–water partition coefficient (Wildman–Crippen LogP) is -0.554. The van der Waals surface area contributed by atoms with Gasteiger partial charge in [-0.2, -0.15) is 5.10 Å². The number of amidine groups is 1. The van der Waals surface area contributed by atoms with Crippen molar-refractivity contribution in [1.29, 1.82) is 0 Å². The fraction of sp³-hybridized carbons (Fsp3) is 0.750. The summed E-state index contributed by atoms with van der Waals surface area (Å²) in [6, 6.07) is 0. The first-order valence-electron chi connectivity index (χ1n) is 2.66. The number of nitrogens with one attached hydrogen (secondary N) is 1. The van der Waals surface area contributed by atoms with E-state index in [1.807, 2.05) is 6.92 Å². The van der Waals surface area contributed by atoms with E-state index in [1.165, 1.54) is 0 Å². The molecule has 0 spiro atoms. The van der Waals surface area contributed by atoms with Gasteiger partial charge in [0.1, 0.15) is 12.5 Å². The Bertz CT molecular complexity index is 109. The van der Waals surface area contributed by atoms with Crippen LogP contribution in [0.25, 0.3) is 0 Å². The third-order valence-corrected chi connectivity index (χ3v) is 1.10. The maximum atomic E-state index is 5.43. The van der Waals surface area contributed by atoms with E-state index in [-0.39, 0.29) is 0 Å². The van der Waals surface area contributed by atoms with Gasteiger partial charge in [-0.15, -0.1) is 0 Å². The molecular formula is C4H10N4. The molecule has 0 aromatic rings. The molecule has 0 bridgehead atoms. The van der Waals surface area contributed by atoms with Crippen LogP contribution in [-0.4, -0.2) is 17.5 Å². The number of nitrogens with two attached hydrogens (primary N) is 1. The molecule has 0 aliphatic carbocycles. The highest BCUT2D eigenvalue weighted by molar-refractivity contribution is 5.82. The zero-order chi connectivity index (χ0) is 5.98. The molecule has 1 aliphatic heterocycles. The minimum atomic E-state index is 0.642. The van der Waals surface area contributed by atoms with E-state index >= 15 is 0 Å². The lowest BCUT2D eigenvalue weighted by Crippen LogP contribution is -2.35. The van der Waals surface area contributed by atoms with E-state index in [4.69, 9.17) is 5.84 Å². The Morgan fingerprint density at radius 3 is 3.00 bits per heavy atom. The van der Waals surface area contributed by atoms with Crippen LogP contribution in [0.3, 0.4) is 0 Å². The van der Waals surface area contributed by atoms with Gasteiger partial charge in [-0.05, 0) is 0 Å². The summed E-state index contributed by atoms with van der Waals surface area (Å²) in [6.07, 6.45) is 0.892. The highest BCUT2D eigenvalue weighted by Crippen LogP contribution is 1.92. The van der Waals surface area contributed by atoms with Crippen LogP contribution in [0, 0.1) is 0 Å². The van der Waals surface area contributed by atoms with Gasteiger partial charge < -0.3 is 0 Å². The SMILES string of the molecule is CCC1=NNCN1N. The van der Waals surface area contributed by atoms with Crippen molar-refractivity contribution in [3.05, 3.63) is 0 Å². The monoisotopic (exact) mass is 114 g/mol. The number of hydrogen-bond acceptors (Lipinski definition) is 4. The van der Waals surface area contributed by atoms with Gasteiger partial charge in [-0.25, -0.2) is 5.84 Å². The molecule has 0 amide bonds. The average Bonchev–Trinajstić information content (AvgIpc) is 2.14. The summed E-state index contributed by atoms with van der Waals surface area (Å²) < 4.78 is 0. The molecule has 4 heteroatoms. The van der Waals surface area contributed by atoms with Crippen molar-refractivity contribution in [2.24, 2.45) is 10.9 Å². The normalized spacial score (nSPS) is 18.2. The first-order valence-corrected chi connectivity index (χ1v) is 2.66. The molecule has 0 atom stereocenters. The van der Waals surface area contributed by atoms with Gasteiger partial charge in [0, 0.05) is 6.42 Å². The van der Waals surface area contributed by atoms with Crippen LogP contribution in [0.15, 0.2) is 5.10 Å². The van der Waals surface area contributed by atoms with Crippen LogP contribution in [-0.2, 0) is 0 Å². The summed E-state index contributed by atoms with van der Waals surface area (Å²) in [7, 11) is 0. The highest BCUT2D eigenvalue weighted by Gasteiger charge is 2.08. The number of hydrogen-bond donors (Lipinski definition) is 2. The third-order valence-electron chi connectivity index (χ3n) is 1.10. The van der Waals surface area contributed by atoms with Crippen LogP contribution in [0.1, 0.15) is 13.3 Å². The number of rotatable bonds is 1. The van der Waals surface area contributed by atoms with Crippen molar-refractivity contribution in [2.75, 3.05) is 6.67 Å². The summed E-state index contributed by atoms with van der Waals surface area (Å²) in [4.78, 5) is 0. The van der Waals surface area contributed by atoms with E-state index in [0.29, 0.717) is 6.67 Å². The molecule has 8 heavy (non-hydrogen) atoms. The molecule has 0 fully saturated rings. The number of nitrogens with zero attached hydrogens (tertiary/aromatic N) is 2. The van der Waals surface area contributed by atoms with Gasteiger partial charge in [0.15, 0.2) is 0 Å². The van der Waals surface area contributed by atoms with E-state index in [1.54, 1.807) is 5.01 Å². The van der Waals surface area contributed by atoms with Crippen molar-refractivity contribution in [2.45, 2.75) is 13.3 Å². The maximum Gasteiger partial charge on any atom is 0.140 e. The topological polar surface area (TPSA) is 53.7 Å². The summed E-state index contributed by atoms with van der Waals surface area (Å²) in [5.41, 5.74) is 2.76. The quantitative estimate of drug-likeness (QED) is 0.449. The lowest BCUT2D eigenvalue weighted by atomic mass is 10.4.